The predicted octanol–water partition coefficient (Wildman–Crippen LogP) is 13.3. The lowest BCUT2D eigenvalue weighted by Crippen LogP contribution is -2.36. The van der Waals surface area contributed by atoms with Crippen molar-refractivity contribution in [2.45, 2.75) is 294 Å². The number of phosphoric acid groups is 1. The summed E-state index contributed by atoms with van der Waals surface area (Å²) in [6.45, 7) is 3.75. The van der Waals surface area contributed by atoms with E-state index in [4.69, 9.17) is 32.8 Å². The molecule has 20 nitrogen and oxygen atoms in total. The van der Waals surface area contributed by atoms with Crippen LogP contribution in [-0.4, -0.2) is 129 Å². The maximum atomic E-state index is 12.9. The molecule has 5 atom stereocenters. The van der Waals surface area contributed by atoms with Gasteiger partial charge in [0, 0.05) is 49.8 Å². The number of urea groups is 1. The number of esters is 2. The molecular weight excluding hydrogens is 1120 g/mol. The summed E-state index contributed by atoms with van der Waals surface area (Å²) in [5.74, 6) is -0.259. The molecule has 0 bridgehead atoms. The molecule has 0 aromatic rings. The van der Waals surface area contributed by atoms with E-state index in [0.717, 1.165) is 76.4 Å². The third-order valence-electron chi connectivity index (χ3n) is 15.2. The molecule has 2 aliphatic heterocycles. The zero-order valence-corrected chi connectivity index (χ0v) is 53.9. The van der Waals surface area contributed by atoms with Crippen LogP contribution in [0.5, 0.6) is 0 Å². The van der Waals surface area contributed by atoms with Crippen molar-refractivity contribution in [2.75, 3.05) is 65.1 Å². The molecule has 84 heavy (non-hydrogen) atoms. The van der Waals surface area contributed by atoms with E-state index in [-0.39, 0.29) is 88.8 Å². The Morgan fingerprint density at radius 3 is 1.62 bits per heavy atom. The third kappa shape index (κ3) is 46.0. The Morgan fingerprint density at radius 1 is 0.536 bits per heavy atom. The first-order valence-corrected chi connectivity index (χ1v) is 35.8. The second-order valence-electron chi connectivity index (χ2n) is 22.9. The van der Waals surface area contributed by atoms with E-state index < -0.39 is 45.2 Å². The molecule has 2 saturated heterocycles. The molecule has 0 saturated carbocycles. The summed E-state index contributed by atoms with van der Waals surface area (Å²) in [6.07, 6.45) is 40.4. The van der Waals surface area contributed by atoms with Crippen molar-refractivity contribution in [3.05, 3.63) is 0 Å². The Morgan fingerprint density at radius 2 is 1.04 bits per heavy atom. The fraction of sp³-hybridized carbons (Fsp3) is 0.903. The van der Waals surface area contributed by atoms with Crippen LogP contribution in [0.25, 0.3) is 0 Å². The molecule has 6 N–H and O–H groups in total. The second-order valence-corrected chi connectivity index (χ2v) is 25.6. The van der Waals surface area contributed by atoms with E-state index in [2.05, 4.69) is 40.6 Å². The van der Waals surface area contributed by atoms with Crippen molar-refractivity contribution in [1.29, 1.82) is 0 Å². The van der Waals surface area contributed by atoms with Gasteiger partial charge >= 0.3 is 31.9 Å². The minimum absolute atomic E-state index is 0.0258. The van der Waals surface area contributed by atoms with Crippen LogP contribution in [0, 0.1) is 0 Å². The molecule has 0 aromatic carbocycles. The standard InChI is InChI=1S/C62H116N5O15PS/c1-3-5-7-9-11-13-15-17-19-21-23-25-27-29-33-41-58(70)78-50-53(82-59(71)42-34-30-28-26-24-22-20-18-16-14-12-10-8-6-4-2)51-81-83(74,75)80-45-44-64-62(73)77-48-46-76-47-49-79-67-57(69)40-32-31-37-43-63-56(68)39-36-35-38-55-60-54(52-84-55)65-61(72)66-60/h53-55,60H,3-52H2,1-2H3,(H,63,68)(H,64,73)(H,67,69)(H,74,75)(H2,65,66,72)/t53-,54+,55+,60+/m1/s1. The Labute approximate surface area is 510 Å². The van der Waals surface area contributed by atoms with Crippen LogP contribution in [0.4, 0.5) is 9.59 Å². The quantitative estimate of drug-likeness (QED) is 0.00825. The Balaban J connectivity index is 1.53. The van der Waals surface area contributed by atoms with Gasteiger partial charge in [-0.25, -0.2) is 19.6 Å². The number of ether oxygens (including phenoxy) is 4. The summed E-state index contributed by atoms with van der Waals surface area (Å²) in [5.41, 5.74) is 2.37. The first kappa shape index (κ1) is 76.9. The summed E-state index contributed by atoms with van der Waals surface area (Å²) < 4.78 is 44.4. The zero-order chi connectivity index (χ0) is 60.8. The molecule has 5 amide bonds. The molecule has 0 aromatic heterocycles. The van der Waals surface area contributed by atoms with Crippen molar-refractivity contribution >= 4 is 55.5 Å². The van der Waals surface area contributed by atoms with Crippen LogP contribution in [0.1, 0.15) is 271 Å². The lowest BCUT2D eigenvalue weighted by Gasteiger charge is -2.20. The number of carbonyl (C=O) groups is 6. The highest BCUT2D eigenvalue weighted by Crippen LogP contribution is 2.43. The average molecular weight is 1230 g/mol. The molecule has 2 heterocycles. The molecule has 2 aliphatic rings. The monoisotopic (exact) mass is 1230 g/mol. The van der Waals surface area contributed by atoms with Crippen LogP contribution in [0.15, 0.2) is 0 Å². The third-order valence-corrected chi connectivity index (χ3v) is 17.7. The number of hydrogen-bond acceptors (Lipinski definition) is 15. The van der Waals surface area contributed by atoms with E-state index in [1.165, 1.54) is 141 Å². The molecule has 490 valence electrons. The number of carbonyl (C=O) groups excluding carboxylic acids is 6. The van der Waals surface area contributed by atoms with Crippen molar-refractivity contribution < 1.29 is 71.1 Å². The van der Waals surface area contributed by atoms with Crippen LogP contribution in [0.2, 0.25) is 0 Å². The van der Waals surface area contributed by atoms with Gasteiger partial charge in [0.15, 0.2) is 6.10 Å². The van der Waals surface area contributed by atoms with E-state index in [1.54, 1.807) is 0 Å². The van der Waals surface area contributed by atoms with Gasteiger partial charge in [0.1, 0.15) is 13.2 Å². The first-order chi connectivity index (χ1) is 40.9. The highest BCUT2D eigenvalue weighted by molar-refractivity contribution is 8.00. The maximum absolute atomic E-state index is 12.9. The van der Waals surface area contributed by atoms with Crippen molar-refractivity contribution in [3.8, 4) is 0 Å². The molecule has 0 radical (unpaired) electrons. The van der Waals surface area contributed by atoms with Gasteiger partial charge in [0.2, 0.25) is 11.8 Å². The van der Waals surface area contributed by atoms with E-state index in [1.807, 2.05) is 11.8 Å². The number of alkyl carbamates (subject to hydrolysis) is 1. The minimum atomic E-state index is -4.67. The Kier molecular flexibility index (Phi) is 49.4. The summed E-state index contributed by atoms with van der Waals surface area (Å²) in [4.78, 5) is 89.1. The summed E-state index contributed by atoms with van der Waals surface area (Å²) in [7, 11) is -4.67. The van der Waals surface area contributed by atoms with E-state index >= 15 is 0 Å². The molecule has 0 spiro atoms. The summed E-state index contributed by atoms with van der Waals surface area (Å²) in [5, 5.41) is 11.7. The van der Waals surface area contributed by atoms with Crippen molar-refractivity contribution in [3.63, 3.8) is 0 Å². The number of nitrogens with one attached hydrogen (secondary N) is 5. The maximum Gasteiger partial charge on any atom is 0.472 e. The van der Waals surface area contributed by atoms with Crippen LogP contribution < -0.4 is 26.7 Å². The molecule has 2 fully saturated rings. The number of hydrogen-bond donors (Lipinski definition) is 6. The Bertz CT molecular complexity index is 1740. The van der Waals surface area contributed by atoms with Gasteiger partial charge in [-0.05, 0) is 38.5 Å². The van der Waals surface area contributed by atoms with E-state index in [9.17, 15) is 38.2 Å². The summed E-state index contributed by atoms with van der Waals surface area (Å²) in [6, 6.07) is 0.309. The number of rotatable bonds is 60. The fourth-order valence-corrected chi connectivity index (χ4v) is 12.5. The second kappa shape index (κ2) is 54.0. The zero-order valence-electron chi connectivity index (χ0n) is 52.2. The number of unbranched alkanes of at least 4 members (excludes halogenated alkanes) is 31. The lowest BCUT2D eigenvalue weighted by atomic mass is 10.0. The molecule has 2 rings (SSSR count). The lowest BCUT2D eigenvalue weighted by molar-refractivity contribution is -0.161. The number of fused-ring (bicyclic) bond motifs is 1. The van der Waals surface area contributed by atoms with Gasteiger partial charge < -0.3 is 45.1 Å². The van der Waals surface area contributed by atoms with E-state index in [0.29, 0.717) is 37.5 Å². The van der Waals surface area contributed by atoms with Gasteiger partial charge in [-0.1, -0.05) is 206 Å². The van der Waals surface area contributed by atoms with Gasteiger partial charge in [0.05, 0.1) is 45.1 Å². The van der Waals surface area contributed by atoms with Gasteiger partial charge in [-0.2, -0.15) is 11.8 Å². The van der Waals surface area contributed by atoms with Crippen molar-refractivity contribution in [1.82, 2.24) is 26.7 Å². The van der Waals surface area contributed by atoms with Crippen LogP contribution in [-0.2, 0) is 56.6 Å². The topological polar surface area (TPSA) is 264 Å². The predicted molar refractivity (Wildman–Crippen MR) is 331 cm³/mol. The fourth-order valence-electron chi connectivity index (χ4n) is 10.2. The first-order valence-electron chi connectivity index (χ1n) is 33.2. The highest BCUT2D eigenvalue weighted by atomic mass is 32.2. The molecule has 0 aliphatic carbocycles. The average Bonchev–Trinajstić information content (AvgIpc) is 3.52. The number of hydroxylamine groups is 1. The Hall–Kier alpha value is -3.20. The van der Waals surface area contributed by atoms with Gasteiger partial charge in [0.25, 0.3) is 0 Å². The minimum Gasteiger partial charge on any atom is -0.462 e. The highest BCUT2D eigenvalue weighted by Gasteiger charge is 2.42. The molecule has 22 heteroatoms. The van der Waals surface area contributed by atoms with Gasteiger partial charge in [-0.15, -0.1) is 0 Å². The number of phosphoric ester groups is 1. The summed E-state index contributed by atoms with van der Waals surface area (Å²) >= 11 is 1.88. The largest absolute Gasteiger partial charge is 0.472 e. The normalized spacial score (nSPS) is 16.5. The van der Waals surface area contributed by atoms with Crippen LogP contribution >= 0.6 is 19.6 Å². The smallest absolute Gasteiger partial charge is 0.462 e. The SMILES string of the molecule is CCCCCCCCCCCCCCCCCC(=O)OC[C@H](COP(=O)(O)OCCNC(=O)OCCOCCONC(=O)CCCCCNC(=O)CCCC[C@@H]1SC[C@@H]2NC(=O)N[C@@H]21)OC(=O)CCCCCCCCCCCCCCCCC. The van der Waals surface area contributed by atoms with Crippen molar-refractivity contribution in [2.24, 2.45) is 0 Å². The molecular formula is C62H116N5O15PS. The van der Waals surface area contributed by atoms with Crippen LogP contribution in [0.3, 0.4) is 0 Å². The number of amides is 5. The molecule has 1 unspecified atom stereocenters. The number of thioether (sulfide) groups is 1. The van der Waals surface area contributed by atoms with Gasteiger partial charge in [-0.3, -0.25) is 33.1 Å².